The van der Waals surface area contributed by atoms with Gasteiger partial charge in [0.1, 0.15) is 0 Å². The molecule has 2 nitrogen and oxygen atoms in total. The zero-order chi connectivity index (χ0) is 102. The lowest BCUT2D eigenvalue weighted by molar-refractivity contribution is -0.609. The van der Waals surface area contributed by atoms with Gasteiger partial charge in [0.2, 0.25) is 0 Å². The molecule has 760 valence electrons. The van der Waals surface area contributed by atoms with Crippen LogP contribution in [0.15, 0.2) is 0 Å². The van der Waals surface area contributed by atoms with Crippen LogP contribution in [-0.2, 0) is 0 Å². The van der Waals surface area contributed by atoms with E-state index in [1.807, 2.05) is 27.7 Å². The van der Waals surface area contributed by atoms with Gasteiger partial charge in [-0.2, -0.15) is 0 Å². The maximum atomic E-state index is 8.83. The molecule has 16 bridgehead atoms. The van der Waals surface area contributed by atoms with E-state index in [0.717, 1.165) is 251 Å². The SMILES string of the molecule is CC12C3C4C5C3C1C5C42.[2H]C([2H])(C)C(C)(C)C.[2H][C@@]1(C)CC2CC1C1CCCC21.[2H][C@@]1(C)CC2CC1C1CCCCC21.[2H][C@@]1(C)CCC2CC3CCCCC3CC2C1.[2H][C@@]1(C)CCC2CCC3CCCCC3C2C1.[2H][C@@]1(C)CCN2CCCCCC2N1.[2H][C@]1(C)C2CC3C4CC5CC3C1C(C5)C4C2.[2H][C@]1(C)CC2CC3CCC(C2)C1C3.[2H][C@]1(C)CCC2CCC3CCCC1C32.[2H][C@]1(C)CCCC2C3CCCCC3CC21. The summed E-state index contributed by atoms with van der Waals surface area (Å²) < 4.78 is 89.8. The molecule has 2 heteroatoms. The summed E-state index contributed by atoms with van der Waals surface area (Å²) in [5.74, 6) is 42.9. The maximum absolute atomic E-state index is 8.83. The number of rotatable bonds is 0. The molecule has 36 aliphatic carbocycles. The molecule has 134 heavy (non-hydrogen) atoms. The fourth-order valence-corrected chi connectivity index (χ4v) is 46.5. The molecule has 42 atom stereocenters. The van der Waals surface area contributed by atoms with Crippen molar-refractivity contribution >= 4 is 0 Å². The van der Waals surface area contributed by atoms with Crippen molar-refractivity contribution in [3.05, 3.63) is 0 Å². The molecule has 2 heterocycles. The highest BCUT2D eigenvalue weighted by Crippen LogP contribution is 3.06. The zero-order valence-corrected chi connectivity index (χ0v) is 90.2. The highest BCUT2D eigenvalue weighted by Gasteiger charge is 3.02. The number of fused-ring (bicyclic) bond motifs is 21. The highest BCUT2D eigenvalue weighted by molar-refractivity contribution is 5.49. The Morgan fingerprint density at radius 1 is 0.254 bits per heavy atom. The van der Waals surface area contributed by atoms with Crippen LogP contribution in [0.1, 0.15) is 504 Å². The summed E-state index contributed by atoms with van der Waals surface area (Å²) in [6, 6.07) is -0.383. The van der Waals surface area contributed by atoms with Gasteiger partial charge in [-0.15, -0.1) is 0 Å². The average Bonchev–Trinajstić information content (AvgIpc) is 0.990. The first-order valence-electron chi connectivity index (χ1n) is 68.1. The summed E-state index contributed by atoms with van der Waals surface area (Å²) in [5.41, 5.74) is 0.738. The molecule has 0 amide bonds. The van der Waals surface area contributed by atoms with Gasteiger partial charge in [-0.25, -0.2) is 0 Å². The van der Waals surface area contributed by atoms with Crippen LogP contribution < -0.4 is 5.32 Å². The highest BCUT2D eigenvalue weighted by atomic mass is 15.3. The van der Waals surface area contributed by atoms with Gasteiger partial charge in [0.15, 0.2) is 0 Å². The summed E-state index contributed by atoms with van der Waals surface area (Å²) >= 11 is 0. The van der Waals surface area contributed by atoms with E-state index < -0.39 is 6.37 Å². The van der Waals surface area contributed by atoms with Crippen molar-refractivity contribution in [2.45, 2.75) is 501 Å². The lowest BCUT2D eigenvalue weighted by atomic mass is 8.97. The number of hydrogen-bond donors (Lipinski definition) is 1. The lowest BCUT2D eigenvalue weighted by Crippen LogP contribution is -3.04. The van der Waals surface area contributed by atoms with Crippen LogP contribution >= 0.6 is 0 Å². The molecule has 0 spiro atoms. The molecular weight excluding hydrogens is 1610 g/mol. The van der Waals surface area contributed by atoms with E-state index in [4.69, 9.17) is 15.1 Å². The van der Waals surface area contributed by atoms with Gasteiger partial charge in [0.05, 0.1) is 6.17 Å². The molecule has 1 N–H and O–H groups in total. The summed E-state index contributed by atoms with van der Waals surface area (Å²) in [6.07, 6.45) is 83.4. The first-order chi connectivity index (χ1) is 68.6. The van der Waals surface area contributed by atoms with Crippen molar-refractivity contribution in [3.63, 3.8) is 0 Å². The van der Waals surface area contributed by atoms with Gasteiger partial charge in [-0.3, -0.25) is 10.2 Å². The van der Waals surface area contributed by atoms with E-state index >= 15 is 0 Å². The third kappa shape index (κ3) is 18.5. The summed E-state index contributed by atoms with van der Waals surface area (Å²) in [6.45, 7) is 31.8. The number of nitrogens with zero attached hydrogens (tertiary/aromatic N) is 1. The van der Waals surface area contributed by atoms with Crippen LogP contribution in [0.25, 0.3) is 0 Å². The van der Waals surface area contributed by atoms with Crippen molar-refractivity contribution < 1.29 is 15.1 Å². The lowest BCUT2D eigenvalue weighted by Gasteiger charge is -3.07. The van der Waals surface area contributed by atoms with Gasteiger partial charge in [0.25, 0.3) is 0 Å². The van der Waals surface area contributed by atoms with Crippen molar-refractivity contribution in [1.29, 1.82) is 0 Å². The Hall–Kier alpha value is -0.0800. The molecule has 38 aliphatic rings. The Balaban J connectivity index is 0.0000000885. The Bertz CT molecular complexity index is 4270. The van der Waals surface area contributed by atoms with E-state index in [-0.39, 0.29) is 58.6 Å². The minimum Gasteiger partial charge on any atom is -0.299 e. The standard InChI is InChI=1S/C15H22.2C15H26.C14H24.C13H22.2C12H20.C11H18.C10H20N2.C9H10.C6H14/c1-7-9-5-11-10-2-8-3-13(11)15(7)14(4-8)12(10)6-9;1-11-6-7-14-9-12-4-2-3-5-13(12)10-15(14)8-11;1-11-6-7-13-9-8-12-4-2-3-5-14(12)15(13)10-11;1-10-5-4-8-13-12-7-3-2-6-11(12)9-14(10)13;1-9-5-6-11-8-7-10-3-2-4-12(9)13(10)11;1-8-4-10-5-9-2-3-11(6-10)12(8)7-9;1-8-6-9-7-12(8)11-5-3-2-4-10(9)11;1-7-5-8-6-11(7)10-4-2-3-9(8)10;1-9-6-8-12-7-4-2-3-5-10(12)11-9;1-9-6-3-2-4(6)8(9)5(2)7(3)9;1-5-6(2,3)4/h7-15H,2-6H2,1H3;2*11-15H,2-10H2,1H3;10-14H,2-9H2,1H3;9-13H,2-8H2,1H3;2*8-12H,2-7H2,1H3;7-11H,2-6H2,1H3;9-11H,2-8H2,1H3;2-8H,1H3;5H2,1-4H3/t7-,8?,9?,10?,11?,12?,13?,14?,15?;2*11-,12?,13?,14?,15?;10-,11?,12?,13?,14?;9-,10?,11?,12?,13?;2*8-,9?,10?,11?,12?;7-,8?,9?,10?,11?;9-,10?;;/m011000111../s1/i7D;2*11D;10D;9D;2*8D;7D;9D;;5D2. The molecule has 2 aliphatic heterocycles. The predicted octanol–water partition coefficient (Wildman–Crippen LogP) is 36.4. The van der Waals surface area contributed by atoms with Gasteiger partial charge < -0.3 is 0 Å². The third-order valence-corrected chi connectivity index (χ3v) is 52.4. The fraction of sp³-hybridized carbons (Fsp3) is 1.00. The second-order valence-corrected chi connectivity index (χ2v) is 59.2. The maximum Gasteiger partial charge on any atom is 0.0599 e. The molecule has 0 aromatic carbocycles. The Morgan fingerprint density at radius 2 is 0.672 bits per heavy atom. The summed E-state index contributed by atoms with van der Waals surface area (Å²) in [5, 5.41) is 3.43. The van der Waals surface area contributed by atoms with Crippen molar-refractivity contribution in [2.75, 3.05) is 13.1 Å². The molecule has 0 aromatic heterocycles. The molecule has 0 radical (unpaired) electrons. The van der Waals surface area contributed by atoms with E-state index in [1.54, 1.807) is 13.3 Å². The van der Waals surface area contributed by atoms with Crippen LogP contribution in [0.3, 0.4) is 0 Å². The number of nitrogens with one attached hydrogen (secondary N) is 1. The van der Waals surface area contributed by atoms with Crippen molar-refractivity contribution in [2.24, 2.45) is 312 Å². The van der Waals surface area contributed by atoms with Gasteiger partial charge in [-0.1, -0.05) is 244 Å². The Kier molecular flexibility index (Phi) is 25.9. The van der Waals surface area contributed by atoms with E-state index in [2.05, 4.69) is 72.5 Å². The molecule has 0 aromatic rings. The van der Waals surface area contributed by atoms with Crippen LogP contribution in [0, 0.1) is 312 Å². The fourth-order valence-electron chi connectivity index (χ4n) is 46.5. The minimum absolute atomic E-state index is 0.0455. The first kappa shape index (κ1) is 84.9. The van der Waals surface area contributed by atoms with Crippen molar-refractivity contribution in [3.8, 4) is 0 Å². The van der Waals surface area contributed by atoms with Crippen LogP contribution in [0.4, 0.5) is 0 Å². The summed E-state index contributed by atoms with van der Waals surface area (Å²) in [4.78, 5) is 2.52. The van der Waals surface area contributed by atoms with Gasteiger partial charge in [0, 0.05) is 27.6 Å². The largest absolute Gasteiger partial charge is 0.299 e. The topological polar surface area (TPSA) is 15.3 Å². The van der Waals surface area contributed by atoms with Gasteiger partial charge >= 0.3 is 0 Å². The molecule has 38 rings (SSSR count). The van der Waals surface area contributed by atoms with Crippen LogP contribution in [0.2, 0.25) is 0 Å². The second kappa shape index (κ2) is 40.9. The van der Waals surface area contributed by atoms with E-state index in [1.165, 1.54) is 401 Å². The molecular formula is C132H222N2. The average molecular weight is 1850 g/mol. The Labute approximate surface area is 846 Å². The Morgan fingerprint density at radius 3 is 1.31 bits per heavy atom. The number of hydrogen-bond acceptors (Lipinski definition) is 2. The van der Waals surface area contributed by atoms with E-state index in [9.17, 15) is 0 Å². The second-order valence-electron chi connectivity index (χ2n) is 59.2. The minimum atomic E-state index is -1.06. The molecule has 2 saturated heterocycles. The smallest absolute Gasteiger partial charge is 0.0599 e. The van der Waals surface area contributed by atoms with Crippen LogP contribution in [-0.4, -0.2) is 30.2 Å². The van der Waals surface area contributed by atoms with E-state index in [0.29, 0.717) is 6.17 Å². The normalized spacial score (nSPS) is 62.8. The molecule has 33 unspecified atom stereocenters. The van der Waals surface area contributed by atoms with Crippen LogP contribution in [0.5, 0.6) is 0 Å². The molecule has 36 saturated carbocycles. The molecule has 38 fully saturated rings. The summed E-state index contributed by atoms with van der Waals surface area (Å²) in [7, 11) is 0. The monoisotopic (exact) mass is 1850 g/mol. The van der Waals surface area contributed by atoms with Gasteiger partial charge in [-0.05, 0) is 563 Å². The first-order valence-corrected chi connectivity index (χ1v) is 62.6. The van der Waals surface area contributed by atoms with Crippen molar-refractivity contribution in [1.82, 2.24) is 10.2 Å². The third-order valence-electron chi connectivity index (χ3n) is 52.4. The zero-order valence-electron chi connectivity index (χ0n) is 101. The quantitative estimate of drug-likeness (QED) is 0.260. The predicted molar refractivity (Wildman–Crippen MR) is 566 cm³/mol.